The molecule has 0 saturated carbocycles. The molecule has 1 atom stereocenters. The van der Waals surface area contributed by atoms with Crippen molar-refractivity contribution >= 4 is 16.5 Å². The molecule has 134 valence electrons. The molecule has 0 spiro atoms. The molecule has 0 aliphatic carbocycles. The molecule has 4 rings (SSSR count). The normalized spacial score (nSPS) is 20.1. The summed E-state index contributed by atoms with van der Waals surface area (Å²) in [6.45, 7) is 5.70. The molecule has 1 saturated heterocycles. The highest BCUT2D eigenvalue weighted by atomic mass is 32.1. The van der Waals surface area contributed by atoms with Crippen molar-refractivity contribution in [2.45, 2.75) is 12.6 Å². The number of anilines is 1. The second kappa shape index (κ2) is 7.59. The Labute approximate surface area is 151 Å². The van der Waals surface area contributed by atoms with E-state index in [1.165, 1.54) is 4.88 Å². The number of nitrogens with zero attached hydrogens (tertiary/aromatic N) is 3. The molecular weight excluding hydrogens is 338 g/mol. The van der Waals surface area contributed by atoms with E-state index >= 15 is 0 Å². The van der Waals surface area contributed by atoms with Gasteiger partial charge < -0.3 is 19.1 Å². The zero-order valence-electron chi connectivity index (χ0n) is 14.4. The summed E-state index contributed by atoms with van der Waals surface area (Å²) in [7, 11) is 2.11. The Kier molecular flexibility index (Phi) is 5.05. The van der Waals surface area contributed by atoms with Gasteiger partial charge in [-0.25, -0.2) is 4.98 Å². The van der Waals surface area contributed by atoms with E-state index < -0.39 is 0 Å². The number of fused-ring (bicyclic) bond motifs is 1. The number of morpholine rings is 1. The molecule has 1 aromatic carbocycles. The van der Waals surface area contributed by atoms with E-state index in [-0.39, 0.29) is 6.10 Å². The highest BCUT2D eigenvalue weighted by Gasteiger charge is 2.22. The van der Waals surface area contributed by atoms with Gasteiger partial charge in [0.1, 0.15) is 12.7 Å². The van der Waals surface area contributed by atoms with Crippen molar-refractivity contribution in [1.29, 1.82) is 0 Å². The number of rotatable bonds is 5. The SMILES string of the molecule is CN(Cc1cnc(N2CCOCC2)s1)C[C@@H]1COc2ccccc2O1. The van der Waals surface area contributed by atoms with Gasteiger partial charge in [-0.15, -0.1) is 11.3 Å². The lowest BCUT2D eigenvalue weighted by molar-refractivity contribution is 0.0640. The lowest BCUT2D eigenvalue weighted by Gasteiger charge is -2.29. The molecule has 1 fully saturated rings. The summed E-state index contributed by atoms with van der Waals surface area (Å²) in [6, 6.07) is 7.84. The van der Waals surface area contributed by atoms with Gasteiger partial charge in [0.15, 0.2) is 16.6 Å². The first-order valence-electron chi connectivity index (χ1n) is 8.62. The molecule has 0 bridgehead atoms. The van der Waals surface area contributed by atoms with Crippen LogP contribution in [-0.4, -0.2) is 62.5 Å². The minimum absolute atomic E-state index is 0.0477. The Hall–Kier alpha value is -1.83. The molecule has 0 N–H and O–H groups in total. The molecule has 6 nitrogen and oxygen atoms in total. The summed E-state index contributed by atoms with van der Waals surface area (Å²) in [5.74, 6) is 1.67. The van der Waals surface area contributed by atoms with Gasteiger partial charge in [-0.2, -0.15) is 0 Å². The number of hydrogen-bond acceptors (Lipinski definition) is 7. The van der Waals surface area contributed by atoms with Crippen LogP contribution in [-0.2, 0) is 11.3 Å². The van der Waals surface area contributed by atoms with Crippen LogP contribution < -0.4 is 14.4 Å². The van der Waals surface area contributed by atoms with E-state index in [0.717, 1.165) is 56.0 Å². The molecule has 2 aromatic rings. The van der Waals surface area contributed by atoms with Crippen molar-refractivity contribution in [3.8, 4) is 11.5 Å². The van der Waals surface area contributed by atoms with E-state index in [0.29, 0.717) is 6.61 Å². The molecule has 0 amide bonds. The molecule has 1 aromatic heterocycles. The fourth-order valence-corrected chi connectivity index (χ4v) is 4.14. The summed E-state index contributed by atoms with van der Waals surface area (Å²) in [5.41, 5.74) is 0. The third-order valence-corrected chi connectivity index (χ3v) is 5.37. The van der Waals surface area contributed by atoms with Crippen molar-refractivity contribution in [3.05, 3.63) is 35.3 Å². The quantitative estimate of drug-likeness (QED) is 0.814. The first kappa shape index (κ1) is 16.6. The van der Waals surface area contributed by atoms with Crippen molar-refractivity contribution in [3.63, 3.8) is 0 Å². The Morgan fingerprint density at radius 2 is 2.04 bits per heavy atom. The number of aromatic nitrogens is 1. The number of para-hydroxylation sites is 2. The van der Waals surface area contributed by atoms with Gasteiger partial charge in [-0.1, -0.05) is 12.1 Å². The largest absolute Gasteiger partial charge is 0.486 e. The van der Waals surface area contributed by atoms with Crippen LogP contribution in [0.1, 0.15) is 4.88 Å². The van der Waals surface area contributed by atoms with Gasteiger partial charge in [0, 0.05) is 37.3 Å². The van der Waals surface area contributed by atoms with Crippen LogP contribution >= 0.6 is 11.3 Å². The number of ether oxygens (including phenoxy) is 3. The minimum atomic E-state index is 0.0477. The van der Waals surface area contributed by atoms with E-state index in [4.69, 9.17) is 14.2 Å². The highest BCUT2D eigenvalue weighted by Crippen LogP contribution is 2.31. The Balaban J connectivity index is 1.31. The molecule has 2 aliphatic heterocycles. The molecule has 3 heterocycles. The van der Waals surface area contributed by atoms with Crippen LogP contribution in [0.4, 0.5) is 5.13 Å². The maximum Gasteiger partial charge on any atom is 0.185 e. The van der Waals surface area contributed by atoms with Crippen molar-refractivity contribution < 1.29 is 14.2 Å². The number of likely N-dealkylation sites (N-methyl/N-ethyl adjacent to an activating group) is 1. The van der Waals surface area contributed by atoms with E-state index in [1.807, 2.05) is 30.5 Å². The predicted octanol–water partition coefficient (Wildman–Crippen LogP) is 2.25. The smallest absolute Gasteiger partial charge is 0.185 e. The summed E-state index contributed by atoms with van der Waals surface area (Å²) in [6.07, 6.45) is 2.03. The Bertz CT molecular complexity index is 702. The van der Waals surface area contributed by atoms with E-state index in [2.05, 4.69) is 21.8 Å². The van der Waals surface area contributed by atoms with Crippen molar-refractivity contribution in [2.75, 3.05) is 51.4 Å². The summed E-state index contributed by atoms with van der Waals surface area (Å²) < 4.78 is 17.2. The molecule has 0 radical (unpaired) electrons. The molecule has 25 heavy (non-hydrogen) atoms. The third kappa shape index (κ3) is 4.05. The highest BCUT2D eigenvalue weighted by molar-refractivity contribution is 7.15. The van der Waals surface area contributed by atoms with Gasteiger partial charge in [-0.05, 0) is 19.2 Å². The topological polar surface area (TPSA) is 47.1 Å². The maximum atomic E-state index is 6.04. The van der Waals surface area contributed by atoms with Crippen LogP contribution in [0.2, 0.25) is 0 Å². The summed E-state index contributed by atoms with van der Waals surface area (Å²) in [4.78, 5) is 10.4. The molecule has 2 aliphatic rings. The molecular formula is C18H23N3O3S. The molecule has 0 unspecified atom stereocenters. The van der Waals surface area contributed by atoms with E-state index in [9.17, 15) is 0 Å². The fourth-order valence-electron chi connectivity index (χ4n) is 3.10. The summed E-state index contributed by atoms with van der Waals surface area (Å²) >= 11 is 1.76. The fraction of sp³-hybridized carbons (Fsp3) is 0.500. The van der Waals surface area contributed by atoms with Crippen LogP contribution in [0, 0.1) is 0 Å². The first-order chi connectivity index (χ1) is 12.3. The third-order valence-electron chi connectivity index (χ3n) is 4.33. The standard InChI is InChI=1S/C18H23N3O3S/c1-20(11-14-13-23-16-4-2-3-5-17(16)24-14)12-15-10-19-18(25-15)21-6-8-22-9-7-21/h2-5,10,14H,6-9,11-13H2,1H3/t14-/m1/s1. The molecule has 7 heteroatoms. The Morgan fingerprint density at radius 1 is 1.24 bits per heavy atom. The second-order valence-electron chi connectivity index (χ2n) is 6.40. The van der Waals surface area contributed by atoms with Gasteiger partial charge in [0.25, 0.3) is 0 Å². The van der Waals surface area contributed by atoms with Crippen molar-refractivity contribution in [2.24, 2.45) is 0 Å². The lowest BCUT2D eigenvalue weighted by Crippen LogP contribution is -2.39. The van der Waals surface area contributed by atoms with Crippen LogP contribution in [0.5, 0.6) is 11.5 Å². The maximum absolute atomic E-state index is 6.04. The van der Waals surface area contributed by atoms with Crippen LogP contribution in [0.25, 0.3) is 0 Å². The number of hydrogen-bond donors (Lipinski definition) is 0. The Morgan fingerprint density at radius 3 is 2.88 bits per heavy atom. The van der Waals surface area contributed by atoms with Gasteiger partial charge in [0.05, 0.1) is 13.2 Å². The average Bonchev–Trinajstić information content (AvgIpc) is 3.10. The van der Waals surface area contributed by atoms with Crippen molar-refractivity contribution in [1.82, 2.24) is 9.88 Å². The zero-order chi connectivity index (χ0) is 17.1. The van der Waals surface area contributed by atoms with Gasteiger partial charge in [0.2, 0.25) is 0 Å². The van der Waals surface area contributed by atoms with Gasteiger partial charge >= 0.3 is 0 Å². The first-order valence-corrected chi connectivity index (χ1v) is 9.44. The predicted molar refractivity (Wildman–Crippen MR) is 97.8 cm³/mol. The second-order valence-corrected chi connectivity index (χ2v) is 7.50. The van der Waals surface area contributed by atoms with Crippen LogP contribution in [0.15, 0.2) is 30.5 Å². The number of benzene rings is 1. The van der Waals surface area contributed by atoms with E-state index in [1.54, 1.807) is 11.3 Å². The van der Waals surface area contributed by atoms with Crippen LogP contribution in [0.3, 0.4) is 0 Å². The minimum Gasteiger partial charge on any atom is -0.486 e. The average molecular weight is 361 g/mol. The number of thiazole rings is 1. The lowest BCUT2D eigenvalue weighted by atomic mass is 10.2. The monoisotopic (exact) mass is 361 g/mol. The zero-order valence-corrected chi connectivity index (χ0v) is 15.2. The van der Waals surface area contributed by atoms with Gasteiger partial charge in [-0.3, -0.25) is 4.90 Å². The summed E-state index contributed by atoms with van der Waals surface area (Å²) in [5, 5.41) is 1.10.